The number of nitrogens with one attached hydrogen (secondary N) is 1. The Morgan fingerprint density at radius 3 is 2.67 bits per heavy atom. The maximum atomic E-state index is 6.11. The summed E-state index contributed by atoms with van der Waals surface area (Å²) >= 11 is 11.9. The van der Waals surface area contributed by atoms with Gasteiger partial charge in [-0.15, -0.1) is 0 Å². The van der Waals surface area contributed by atoms with Crippen LogP contribution in [-0.4, -0.2) is 0 Å². The van der Waals surface area contributed by atoms with Gasteiger partial charge in [0.05, 0.1) is 0 Å². The fourth-order valence-electron chi connectivity index (χ4n) is 1.56. The quantitative estimate of drug-likeness (QED) is 0.615. The van der Waals surface area contributed by atoms with E-state index in [-0.39, 0.29) is 0 Å². The standard InChI is InChI=1S/C14H12BrClIN/c1-9-2-3-10(6-13(9)16)8-18-11-4-5-12(15)14(17)7-11/h2-7,18H,8H2,1H3. The van der Waals surface area contributed by atoms with E-state index in [0.29, 0.717) is 0 Å². The molecule has 4 heteroatoms. The Morgan fingerprint density at radius 2 is 2.00 bits per heavy atom. The van der Waals surface area contributed by atoms with Gasteiger partial charge in [-0.3, -0.25) is 0 Å². The zero-order valence-corrected chi connectivity index (χ0v) is 14.3. The van der Waals surface area contributed by atoms with Crippen molar-refractivity contribution in [2.75, 3.05) is 5.32 Å². The van der Waals surface area contributed by atoms with Gasteiger partial charge in [-0.05, 0) is 80.8 Å². The minimum Gasteiger partial charge on any atom is -0.381 e. The first-order valence-electron chi connectivity index (χ1n) is 5.50. The van der Waals surface area contributed by atoms with Gasteiger partial charge in [0, 0.05) is 25.3 Å². The molecule has 2 aromatic rings. The molecule has 0 saturated carbocycles. The van der Waals surface area contributed by atoms with E-state index in [2.05, 4.69) is 62.0 Å². The topological polar surface area (TPSA) is 12.0 Å². The molecule has 0 fully saturated rings. The van der Waals surface area contributed by atoms with Crippen molar-refractivity contribution in [2.24, 2.45) is 0 Å². The number of benzene rings is 2. The molecule has 0 aliphatic rings. The van der Waals surface area contributed by atoms with Gasteiger partial charge in [-0.1, -0.05) is 23.7 Å². The predicted molar refractivity (Wildman–Crippen MR) is 90.4 cm³/mol. The number of halogens is 3. The van der Waals surface area contributed by atoms with Gasteiger partial charge in [0.25, 0.3) is 0 Å². The fraction of sp³-hybridized carbons (Fsp3) is 0.143. The van der Waals surface area contributed by atoms with Crippen LogP contribution in [0.1, 0.15) is 11.1 Å². The summed E-state index contributed by atoms with van der Waals surface area (Å²) in [6.45, 7) is 2.79. The first-order valence-corrected chi connectivity index (χ1v) is 7.75. The summed E-state index contributed by atoms with van der Waals surface area (Å²) < 4.78 is 2.31. The van der Waals surface area contributed by atoms with Crippen molar-refractivity contribution >= 4 is 55.8 Å². The van der Waals surface area contributed by atoms with Crippen molar-refractivity contribution in [3.05, 3.63) is 60.6 Å². The number of aryl methyl sites for hydroxylation is 1. The van der Waals surface area contributed by atoms with E-state index in [1.54, 1.807) is 0 Å². The van der Waals surface area contributed by atoms with E-state index in [0.717, 1.165) is 27.3 Å². The van der Waals surface area contributed by atoms with E-state index in [1.807, 2.05) is 25.1 Å². The van der Waals surface area contributed by atoms with Crippen molar-refractivity contribution in [2.45, 2.75) is 13.5 Å². The number of rotatable bonds is 3. The number of hydrogen-bond acceptors (Lipinski definition) is 1. The van der Waals surface area contributed by atoms with Gasteiger partial charge in [0.1, 0.15) is 0 Å². The Bertz CT molecular complexity index is 520. The molecule has 94 valence electrons. The van der Waals surface area contributed by atoms with Crippen molar-refractivity contribution < 1.29 is 0 Å². The van der Waals surface area contributed by atoms with Crippen LogP contribution >= 0.6 is 50.1 Å². The molecule has 2 rings (SSSR count). The summed E-state index contributed by atoms with van der Waals surface area (Å²) in [5.41, 5.74) is 3.40. The van der Waals surface area contributed by atoms with Crippen molar-refractivity contribution in [1.29, 1.82) is 0 Å². The zero-order chi connectivity index (χ0) is 13.1. The molecule has 0 heterocycles. The minimum atomic E-state index is 0.776. The monoisotopic (exact) mass is 435 g/mol. The zero-order valence-electron chi connectivity index (χ0n) is 9.81. The molecule has 2 aromatic carbocycles. The summed E-state index contributed by atoms with van der Waals surface area (Å²) in [5.74, 6) is 0. The van der Waals surface area contributed by atoms with Crippen LogP contribution in [0.2, 0.25) is 5.02 Å². The van der Waals surface area contributed by atoms with Crippen LogP contribution < -0.4 is 5.32 Å². The fourth-order valence-corrected chi connectivity index (χ4v) is 2.52. The van der Waals surface area contributed by atoms with Crippen molar-refractivity contribution in [1.82, 2.24) is 0 Å². The van der Waals surface area contributed by atoms with Crippen LogP contribution in [0.3, 0.4) is 0 Å². The normalized spacial score (nSPS) is 10.4. The highest BCUT2D eigenvalue weighted by Crippen LogP contribution is 2.23. The second kappa shape index (κ2) is 6.26. The van der Waals surface area contributed by atoms with E-state index in [1.165, 1.54) is 9.13 Å². The van der Waals surface area contributed by atoms with Crippen LogP contribution in [0, 0.1) is 10.5 Å². The van der Waals surface area contributed by atoms with Crippen LogP contribution in [0.25, 0.3) is 0 Å². The average molecular weight is 437 g/mol. The van der Waals surface area contributed by atoms with Crippen LogP contribution in [0.5, 0.6) is 0 Å². The van der Waals surface area contributed by atoms with Gasteiger partial charge in [0.2, 0.25) is 0 Å². The minimum absolute atomic E-state index is 0.776. The average Bonchev–Trinajstić information content (AvgIpc) is 2.35. The molecular formula is C14H12BrClIN. The number of anilines is 1. The Hall–Kier alpha value is -0.260. The van der Waals surface area contributed by atoms with E-state index < -0.39 is 0 Å². The maximum absolute atomic E-state index is 6.11. The molecule has 1 N–H and O–H groups in total. The third-order valence-corrected chi connectivity index (χ3v) is 5.38. The SMILES string of the molecule is Cc1ccc(CNc2ccc(Br)c(I)c2)cc1Cl. The highest BCUT2D eigenvalue weighted by Gasteiger charge is 2.00. The Labute approximate surface area is 134 Å². The lowest BCUT2D eigenvalue weighted by atomic mass is 10.1. The molecule has 0 amide bonds. The van der Waals surface area contributed by atoms with Crippen LogP contribution in [0.4, 0.5) is 5.69 Å². The molecule has 0 bridgehead atoms. The second-order valence-corrected chi connectivity index (χ2v) is 6.49. The summed E-state index contributed by atoms with van der Waals surface area (Å²) in [4.78, 5) is 0. The van der Waals surface area contributed by atoms with Gasteiger partial charge in [-0.2, -0.15) is 0 Å². The van der Waals surface area contributed by atoms with E-state index in [4.69, 9.17) is 11.6 Å². The molecule has 0 spiro atoms. The summed E-state index contributed by atoms with van der Waals surface area (Å²) in [6.07, 6.45) is 0. The summed E-state index contributed by atoms with van der Waals surface area (Å²) in [6, 6.07) is 12.4. The third-order valence-electron chi connectivity index (χ3n) is 2.65. The van der Waals surface area contributed by atoms with Crippen LogP contribution in [0.15, 0.2) is 40.9 Å². The Kier molecular flexibility index (Phi) is 4.92. The van der Waals surface area contributed by atoms with Crippen molar-refractivity contribution in [3.63, 3.8) is 0 Å². The summed E-state index contributed by atoms with van der Waals surface area (Å²) in [7, 11) is 0. The van der Waals surface area contributed by atoms with E-state index in [9.17, 15) is 0 Å². The molecule has 0 atom stereocenters. The third kappa shape index (κ3) is 3.62. The highest BCUT2D eigenvalue weighted by atomic mass is 127. The Balaban J connectivity index is 2.06. The molecule has 0 radical (unpaired) electrons. The molecule has 0 aromatic heterocycles. The second-order valence-electron chi connectivity index (χ2n) is 4.07. The van der Waals surface area contributed by atoms with E-state index >= 15 is 0 Å². The van der Waals surface area contributed by atoms with Crippen LogP contribution in [-0.2, 0) is 6.54 Å². The molecule has 0 aliphatic carbocycles. The smallest absolute Gasteiger partial charge is 0.0438 e. The highest BCUT2D eigenvalue weighted by molar-refractivity contribution is 14.1. The van der Waals surface area contributed by atoms with Crippen molar-refractivity contribution in [3.8, 4) is 0 Å². The molecule has 0 aliphatic heterocycles. The molecule has 0 saturated heterocycles. The van der Waals surface area contributed by atoms with Gasteiger partial charge >= 0.3 is 0 Å². The number of hydrogen-bond donors (Lipinski definition) is 1. The van der Waals surface area contributed by atoms with Gasteiger partial charge in [0.15, 0.2) is 0 Å². The Morgan fingerprint density at radius 1 is 1.22 bits per heavy atom. The lowest BCUT2D eigenvalue weighted by Crippen LogP contribution is -1.99. The first kappa shape index (κ1) is 14.2. The van der Waals surface area contributed by atoms with Gasteiger partial charge < -0.3 is 5.32 Å². The van der Waals surface area contributed by atoms with Gasteiger partial charge in [-0.25, -0.2) is 0 Å². The lowest BCUT2D eigenvalue weighted by molar-refractivity contribution is 1.14. The first-order chi connectivity index (χ1) is 8.56. The molecule has 1 nitrogen and oxygen atoms in total. The molecule has 0 unspecified atom stereocenters. The summed E-state index contributed by atoms with van der Waals surface area (Å²) in [5, 5.41) is 4.21. The predicted octanol–water partition coefficient (Wildman–Crippen LogP) is 5.63. The molecular weight excluding hydrogens is 424 g/mol. The maximum Gasteiger partial charge on any atom is 0.0438 e. The molecule has 18 heavy (non-hydrogen) atoms. The largest absolute Gasteiger partial charge is 0.381 e. The lowest BCUT2D eigenvalue weighted by Gasteiger charge is -2.09.